The topological polar surface area (TPSA) is 56.2 Å². The van der Waals surface area contributed by atoms with E-state index in [1.165, 1.54) is 11.3 Å². The van der Waals surface area contributed by atoms with E-state index in [-0.39, 0.29) is 0 Å². The molecule has 4 rings (SSSR count). The third-order valence-corrected chi connectivity index (χ3v) is 4.10. The van der Waals surface area contributed by atoms with E-state index in [0.29, 0.717) is 21.6 Å². The van der Waals surface area contributed by atoms with Gasteiger partial charge in [-0.25, -0.2) is 0 Å². The number of hydrogen-bond donors (Lipinski definition) is 0. The molecule has 3 heterocycles. The zero-order valence-corrected chi connectivity index (χ0v) is 11.6. The third-order valence-electron chi connectivity index (χ3n) is 2.84. The molecule has 0 fully saturated rings. The molecule has 0 saturated carbocycles. The summed E-state index contributed by atoms with van der Waals surface area (Å²) in [6, 6.07) is 11.2. The molecule has 5 nitrogen and oxygen atoms in total. The minimum atomic E-state index is 0.583. The van der Waals surface area contributed by atoms with Gasteiger partial charge >= 0.3 is 0 Å². The highest BCUT2D eigenvalue weighted by molar-refractivity contribution is 7.19. The van der Waals surface area contributed by atoms with Crippen LogP contribution in [0.25, 0.3) is 27.1 Å². The van der Waals surface area contributed by atoms with E-state index < -0.39 is 0 Å². The largest absolute Gasteiger partial charge is 0.461 e. The number of nitrogens with zero attached hydrogens (tertiary/aromatic N) is 4. The Morgan fingerprint density at radius 3 is 2.80 bits per heavy atom. The molecule has 0 aliphatic carbocycles. The summed E-state index contributed by atoms with van der Waals surface area (Å²) < 4.78 is 7.01. The highest BCUT2D eigenvalue weighted by Crippen LogP contribution is 2.32. The van der Waals surface area contributed by atoms with E-state index >= 15 is 0 Å². The summed E-state index contributed by atoms with van der Waals surface area (Å²) in [5.74, 6) is 1.22. The van der Waals surface area contributed by atoms with Crippen molar-refractivity contribution >= 4 is 27.9 Å². The van der Waals surface area contributed by atoms with Gasteiger partial charge < -0.3 is 4.42 Å². The Balaban J connectivity index is 1.91. The number of aromatic nitrogens is 4. The second kappa shape index (κ2) is 4.43. The fraction of sp³-hybridized carbons (Fsp3) is 0. The lowest BCUT2D eigenvalue weighted by Crippen LogP contribution is -1.89. The molecule has 0 aliphatic heterocycles. The lowest BCUT2D eigenvalue weighted by atomic mass is 10.2. The quantitative estimate of drug-likeness (QED) is 0.565. The van der Waals surface area contributed by atoms with Crippen molar-refractivity contribution in [2.75, 3.05) is 0 Å². The van der Waals surface area contributed by atoms with E-state index in [9.17, 15) is 0 Å². The SMILES string of the molecule is Clc1ccccc1-c1nn2c(-c3ccco3)nnc2s1. The number of furan rings is 1. The van der Waals surface area contributed by atoms with Gasteiger partial charge in [-0.05, 0) is 18.2 Å². The Labute approximate surface area is 122 Å². The molecule has 0 aliphatic rings. The smallest absolute Gasteiger partial charge is 0.235 e. The van der Waals surface area contributed by atoms with E-state index in [1.807, 2.05) is 30.3 Å². The summed E-state index contributed by atoms with van der Waals surface area (Å²) in [5.41, 5.74) is 0.884. The molecule has 0 unspecified atom stereocenters. The maximum absolute atomic E-state index is 6.20. The van der Waals surface area contributed by atoms with Crippen LogP contribution >= 0.6 is 22.9 Å². The van der Waals surface area contributed by atoms with Crippen LogP contribution in [-0.4, -0.2) is 19.8 Å². The van der Waals surface area contributed by atoms with Crippen LogP contribution in [-0.2, 0) is 0 Å². The minimum Gasteiger partial charge on any atom is -0.461 e. The Hall–Kier alpha value is -2.18. The Kier molecular flexibility index (Phi) is 2.58. The summed E-state index contributed by atoms with van der Waals surface area (Å²) in [4.78, 5) is 0.700. The van der Waals surface area contributed by atoms with Crippen LogP contribution in [0, 0.1) is 0 Å². The number of hydrogen-bond acceptors (Lipinski definition) is 5. The molecule has 1 aromatic carbocycles. The molecule has 0 radical (unpaired) electrons. The van der Waals surface area contributed by atoms with E-state index in [4.69, 9.17) is 16.0 Å². The molecule has 0 saturated heterocycles. The van der Waals surface area contributed by atoms with Gasteiger partial charge in [0.1, 0.15) is 5.01 Å². The lowest BCUT2D eigenvalue weighted by molar-refractivity contribution is 0.575. The second-order valence-electron chi connectivity index (χ2n) is 4.08. The van der Waals surface area contributed by atoms with Crippen molar-refractivity contribution < 1.29 is 4.42 Å². The fourth-order valence-electron chi connectivity index (χ4n) is 1.92. The van der Waals surface area contributed by atoms with Crippen LogP contribution in [0.5, 0.6) is 0 Å². The van der Waals surface area contributed by atoms with Gasteiger partial charge in [-0.15, -0.1) is 10.2 Å². The molecule has 0 atom stereocenters. The molecule has 0 bridgehead atoms. The zero-order chi connectivity index (χ0) is 13.5. The van der Waals surface area contributed by atoms with Gasteiger partial charge in [-0.3, -0.25) is 0 Å². The molecule has 3 aromatic heterocycles. The van der Waals surface area contributed by atoms with Gasteiger partial charge in [0, 0.05) is 5.56 Å². The van der Waals surface area contributed by atoms with Gasteiger partial charge in [0.25, 0.3) is 0 Å². The van der Waals surface area contributed by atoms with Crippen molar-refractivity contribution in [2.24, 2.45) is 0 Å². The van der Waals surface area contributed by atoms with Gasteiger partial charge in [-0.1, -0.05) is 41.1 Å². The fourth-order valence-corrected chi connectivity index (χ4v) is 3.08. The number of benzene rings is 1. The van der Waals surface area contributed by atoms with Crippen molar-refractivity contribution in [3.05, 3.63) is 47.7 Å². The second-order valence-corrected chi connectivity index (χ2v) is 5.45. The maximum atomic E-state index is 6.20. The summed E-state index contributed by atoms with van der Waals surface area (Å²) >= 11 is 7.63. The number of rotatable bonds is 2. The first kappa shape index (κ1) is 11.6. The highest BCUT2D eigenvalue weighted by Gasteiger charge is 2.16. The average molecular weight is 303 g/mol. The summed E-state index contributed by atoms with van der Waals surface area (Å²) in [5, 5.41) is 14.2. The summed E-state index contributed by atoms with van der Waals surface area (Å²) in [6.45, 7) is 0. The lowest BCUT2D eigenvalue weighted by Gasteiger charge is -1.97. The predicted octanol–water partition coefficient (Wildman–Crippen LogP) is 3.77. The third kappa shape index (κ3) is 1.73. The van der Waals surface area contributed by atoms with Gasteiger partial charge in [-0.2, -0.15) is 9.61 Å². The van der Waals surface area contributed by atoms with E-state index in [1.54, 1.807) is 16.8 Å². The van der Waals surface area contributed by atoms with Crippen molar-refractivity contribution in [3.8, 4) is 22.2 Å². The van der Waals surface area contributed by atoms with Crippen molar-refractivity contribution in [3.63, 3.8) is 0 Å². The summed E-state index contributed by atoms with van der Waals surface area (Å²) in [7, 11) is 0. The van der Waals surface area contributed by atoms with Crippen LogP contribution in [0.15, 0.2) is 47.1 Å². The average Bonchev–Trinajstić information content (AvgIpc) is 3.14. The van der Waals surface area contributed by atoms with E-state index in [0.717, 1.165) is 10.6 Å². The van der Waals surface area contributed by atoms with Crippen molar-refractivity contribution in [1.29, 1.82) is 0 Å². The monoisotopic (exact) mass is 302 g/mol. The normalized spacial score (nSPS) is 11.2. The summed E-state index contributed by atoms with van der Waals surface area (Å²) in [6.07, 6.45) is 1.59. The molecular weight excluding hydrogens is 296 g/mol. The molecule has 7 heteroatoms. The standard InChI is InChI=1S/C13H7ClN4OS/c14-9-5-2-1-4-8(9)12-17-18-11(10-6-3-7-19-10)15-16-13(18)20-12/h1-7H. The number of fused-ring (bicyclic) bond motifs is 1. The van der Waals surface area contributed by atoms with Crippen LogP contribution in [0.2, 0.25) is 5.02 Å². The van der Waals surface area contributed by atoms with Crippen LogP contribution in [0.3, 0.4) is 0 Å². The van der Waals surface area contributed by atoms with Crippen LogP contribution in [0.4, 0.5) is 0 Å². The zero-order valence-electron chi connectivity index (χ0n) is 10.0. The Morgan fingerprint density at radius 2 is 2.00 bits per heavy atom. The first-order chi connectivity index (χ1) is 9.83. The highest BCUT2D eigenvalue weighted by atomic mass is 35.5. The van der Waals surface area contributed by atoms with Crippen molar-refractivity contribution in [1.82, 2.24) is 19.8 Å². The van der Waals surface area contributed by atoms with Crippen LogP contribution < -0.4 is 0 Å². The minimum absolute atomic E-state index is 0.583. The Bertz CT molecular complexity index is 881. The molecule has 20 heavy (non-hydrogen) atoms. The molecule has 0 N–H and O–H groups in total. The van der Waals surface area contributed by atoms with Gasteiger partial charge in [0.05, 0.1) is 11.3 Å². The van der Waals surface area contributed by atoms with Crippen LogP contribution in [0.1, 0.15) is 0 Å². The first-order valence-corrected chi connectivity index (χ1v) is 7.03. The Morgan fingerprint density at radius 1 is 1.10 bits per heavy atom. The molecule has 0 spiro atoms. The van der Waals surface area contributed by atoms with E-state index in [2.05, 4.69) is 15.3 Å². The molecular formula is C13H7ClN4OS. The molecule has 0 amide bonds. The molecule has 4 aromatic rings. The maximum Gasteiger partial charge on any atom is 0.235 e. The first-order valence-electron chi connectivity index (χ1n) is 5.84. The van der Waals surface area contributed by atoms with Crippen molar-refractivity contribution in [2.45, 2.75) is 0 Å². The number of halogens is 1. The predicted molar refractivity (Wildman–Crippen MR) is 76.8 cm³/mol. The molecule has 98 valence electrons. The van der Waals surface area contributed by atoms with Gasteiger partial charge in [0.2, 0.25) is 10.8 Å². The van der Waals surface area contributed by atoms with Gasteiger partial charge in [0.15, 0.2) is 5.76 Å².